The minimum atomic E-state index is -0.259. The molecule has 0 aliphatic carbocycles. The molecule has 5 aromatic rings. The Labute approximate surface area is 211 Å². The number of H-pyrrole nitrogens is 1. The number of hydrogen-bond donors (Lipinski definition) is 1. The molecule has 1 aliphatic heterocycles. The van der Waals surface area contributed by atoms with Crippen molar-refractivity contribution < 1.29 is 18.5 Å². The van der Waals surface area contributed by atoms with Crippen molar-refractivity contribution in [1.29, 1.82) is 0 Å². The summed E-state index contributed by atoms with van der Waals surface area (Å²) < 4.78 is 17.7. The molecular formula is C27H25N5O5. The molecule has 1 aliphatic rings. The number of hydrogen-bond acceptors (Lipinski definition) is 7. The van der Waals surface area contributed by atoms with Gasteiger partial charge in [0.15, 0.2) is 11.4 Å². The number of aryl methyl sites for hydroxylation is 2. The van der Waals surface area contributed by atoms with Gasteiger partial charge in [0.1, 0.15) is 17.3 Å². The first kappa shape index (κ1) is 22.8. The van der Waals surface area contributed by atoms with Gasteiger partial charge in [-0.05, 0) is 55.8 Å². The number of ether oxygens (including phenoxy) is 1. The Kier molecular flexibility index (Phi) is 5.44. The SMILES string of the molecule is COc1ccc(-c2cc3nc4c(c(=O)n3[nH]2)CN(C(=O)c2ccc(Cc3c(C)noc3C)o2)CC4)cc1. The number of amides is 1. The average molecular weight is 500 g/mol. The van der Waals surface area contributed by atoms with Crippen molar-refractivity contribution in [2.75, 3.05) is 13.7 Å². The molecule has 10 nitrogen and oxygen atoms in total. The van der Waals surface area contributed by atoms with Crippen molar-refractivity contribution in [1.82, 2.24) is 24.7 Å². The summed E-state index contributed by atoms with van der Waals surface area (Å²) in [5.74, 6) is 2.11. The molecule has 0 atom stereocenters. The van der Waals surface area contributed by atoms with Gasteiger partial charge in [0.25, 0.3) is 11.5 Å². The van der Waals surface area contributed by atoms with Gasteiger partial charge in [-0.2, -0.15) is 0 Å². The van der Waals surface area contributed by atoms with Crippen LogP contribution in [0.25, 0.3) is 16.9 Å². The number of nitrogens with one attached hydrogen (secondary N) is 1. The fraction of sp³-hybridized carbons (Fsp3) is 0.259. The van der Waals surface area contributed by atoms with Crippen LogP contribution in [0.15, 0.2) is 56.2 Å². The summed E-state index contributed by atoms with van der Waals surface area (Å²) in [6.45, 7) is 4.34. The molecular weight excluding hydrogens is 474 g/mol. The molecule has 1 amide bonds. The maximum Gasteiger partial charge on any atom is 0.289 e. The van der Waals surface area contributed by atoms with E-state index in [1.165, 1.54) is 4.52 Å². The van der Waals surface area contributed by atoms with Crippen LogP contribution in [0.2, 0.25) is 0 Å². The molecule has 0 bridgehead atoms. The lowest BCUT2D eigenvalue weighted by Crippen LogP contribution is -2.40. The van der Waals surface area contributed by atoms with E-state index < -0.39 is 0 Å². The Morgan fingerprint density at radius 2 is 1.97 bits per heavy atom. The first-order valence-electron chi connectivity index (χ1n) is 12.0. The third kappa shape index (κ3) is 4.00. The maximum absolute atomic E-state index is 13.4. The van der Waals surface area contributed by atoms with Crippen molar-refractivity contribution in [3.63, 3.8) is 0 Å². The Morgan fingerprint density at radius 3 is 2.70 bits per heavy atom. The molecule has 0 fully saturated rings. The Balaban J connectivity index is 1.24. The highest BCUT2D eigenvalue weighted by atomic mass is 16.5. The summed E-state index contributed by atoms with van der Waals surface area (Å²) in [6.07, 6.45) is 0.979. The lowest BCUT2D eigenvalue weighted by molar-refractivity contribution is 0.0698. The molecule has 188 valence electrons. The standard InChI is InChI=1S/C27H25N5O5/c1-15-20(16(2)37-30-15)12-19-8-9-24(36-19)27(34)31-11-10-22-21(14-31)26(33)32-25(28-22)13-23(29-32)17-4-6-18(35-3)7-5-17/h4-9,13,29H,10-12,14H2,1-3H3. The van der Waals surface area contributed by atoms with Crippen molar-refractivity contribution in [3.05, 3.63) is 92.6 Å². The molecule has 37 heavy (non-hydrogen) atoms. The molecule has 0 saturated carbocycles. The fourth-order valence-corrected chi connectivity index (χ4v) is 4.75. The summed E-state index contributed by atoms with van der Waals surface area (Å²) >= 11 is 0. The number of rotatable bonds is 5. The second-order valence-electron chi connectivity index (χ2n) is 9.16. The molecule has 0 radical (unpaired) electrons. The van der Waals surface area contributed by atoms with Gasteiger partial charge < -0.3 is 18.6 Å². The van der Waals surface area contributed by atoms with Crippen LogP contribution >= 0.6 is 0 Å². The molecule has 0 unspecified atom stereocenters. The Hall–Kier alpha value is -4.60. The molecule has 0 saturated heterocycles. The molecule has 0 spiro atoms. The van der Waals surface area contributed by atoms with Crippen molar-refractivity contribution in [2.45, 2.75) is 33.2 Å². The summed E-state index contributed by atoms with van der Waals surface area (Å²) in [6, 6.07) is 12.9. The van der Waals surface area contributed by atoms with Crippen molar-refractivity contribution in [3.8, 4) is 17.0 Å². The van der Waals surface area contributed by atoms with E-state index in [9.17, 15) is 9.59 Å². The van der Waals surface area contributed by atoms with Crippen molar-refractivity contribution >= 4 is 11.6 Å². The van der Waals surface area contributed by atoms with E-state index in [1.807, 2.05) is 44.2 Å². The largest absolute Gasteiger partial charge is 0.497 e. The molecule has 5 heterocycles. The minimum Gasteiger partial charge on any atom is -0.497 e. The number of methoxy groups -OCH3 is 1. The summed E-state index contributed by atoms with van der Waals surface area (Å²) in [5.41, 5.74) is 4.97. The van der Waals surface area contributed by atoms with E-state index in [2.05, 4.69) is 10.3 Å². The summed E-state index contributed by atoms with van der Waals surface area (Å²) in [7, 11) is 1.62. The van der Waals surface area contributed by atoms with Gasteiger partial charge in [0, 0.05) is 31.0 Å². The summed E-state index contributed by atoms with van der Waals surface area (Å²) in [5, 5.41) is 7.11. The fourth-order valence-electron chi connectivity index (χ4n) is 4.75. The van der Waals surface area contributed by atoms with Gasteiger partial charge in [-0.25, -0.2) is 9.50 Å². The first-order valence-corrected chi connectivity index (χ1v) is 12.0. The molecule has 6 rings (SSSR count). The number of aromatic amines is 1. The highest BCUT2D eigenvalue weighted by Crippen LogP contribution is 2.24. The maximum atomic E-state index is 13.4. The average Bonchev–Trinajstić information content (AvgIpc) is 3.64. The number of aromatic nitrogens is 4. The van der Waals surface area contributed by atoms with Gasteiger partial charge >= 0.3 is 0 Å². The lowest BCUT2D eigenvalue weighted by Gasteiger charge is -2.26. The predicted octanol–water partition coefficient (Wildman–Crippen LogP) is 3.69. The second kappa shape index (κ2) is 8.81. The zero-order valence-electron chi connectivity index (χ0n) is 20.7. The number of furan rings is 1. The second-order valence-corrected chi connectivity index (χ2v) is 9.16. The highest BCUT2D eigenvalue weighted by molar-refractivity contribution is 5.91. The number of carbonyl (C=O) groups excluding carboxylic acids is 1. The molecule has 1 N–H and O–H groups in total. The topological polar surface area (TPSA) is 119 Å². The van der Waals surface area contributed by atoms with Crippen LogP contribution in [0.1, 0.15) is 44.6 Å². The molecule has 4 aromatic heterocycles. The quantitative estimate of drug-likeness (QED) is 0.392. The number of carbonyl (C=O) groups is 1. The van der Waals surface area contributed by atoms with Gasteiger partial charge in [-0.1, -0.05) is 5.16 Å². The summed E-state index contributed by atoms with van der Waals surface area (Å²) in [4.78, 5) is 32.9. The van der Waals surface area contributed by atoms with E-state index in [1.54, 1.807) is 24.1 Å². The molecule has 1 aromatic carbocycles. The number of benzene rings is 1. The van der Waals surface area contributed by atoms with Crippen LogP contribution in [0, 0.1) is 13.8 Å². The van der Waals surface area contributed by atoms with Crippen molar-refractivity contribution in [2.24, 2.45) is 0 Å². The minimum absolute atomic E-state index is 0.166. The van der Waals surface area contributed by atoms with E-state index in [0.717, 1.165) is 34.0 Å². The van der Waals surface area contributed by atoms with Gasteiger partial charge in [0.2, 0.25) is 0 Å². The zero-order valence-corrected chi connectivity index (χ0v) is 20.7. The predicted molar refractivity (Wildman–Crippen MR) is 134 cm³/mol. The number of fused-ring (bicyclic) bond motifs is 2. The van der Waals surface area contributed by atoms with Gasteiger partial charge in [-0.15, -0.1) is 0 Å². The lowest BCUT2D eigenvalue weighted by atomic mass is 10.1. The molecule has 10 heteroatoms. The number of nitrogens with zero attached hydrogens (tertiary/aromatic N) is 4. The van der Waals surface area contributed by atoms with Gasteiger partial charge in [0.05, 0.1) is 36.3 Å². The third-order valence-electron chi connectivity index (χ3n) is 6.85. The third-order valence-corrected chi connectivity index (χ3v) is 6.85. The van der Waals surface area contributed by atoms with Crippen LogP contribution < -0.4 is 10.3 Å². The van der Waals surface area contributed by atoms with Crippen LogP contribution in [0.4, 0.5) is 0 Å². The van der Waals surface area contributed by atoms with Crippen LogP contribution in [-0.2, 0) is 19.4 Å². The van der Waals surface area contributed by atoms with Crippen LogP contribution in [-0.4, -0.2) is 44.2 Å². The van der Waals surface area contributed by atoms with Crippen LogP contribution in [0.3, 0.4) is 0 Å². The van der Waals surface area contributed by atoms with E-state index in [4.69, 9.17) is 18.7 Å². The Bertz CT molecular complexity index is 1670. The van der Waals surface area contributed by atoms with E-state index >= 15 is 0 Å². The van der Waals surface area contributed by atoms with E-state index in [0.29, 0.717) is 42.1 Å². The smallest absolute Gasteiger partial charge is 0.289 e. The normalized spacial score (nSPS) is 13.2. The first-order chi connectivity index (χ1) is 17.9. The monoisotopic (exact) mass is 499 g/mol. The van der Waals surface area contributed by atoms with Gasteiger partial charge in [-0.3, -0.25) is 14.7 Å². The highest BCUT2D eigenvalue weighted by Gasteiger charge is 2.28. The van der Waals surface area contributed by atoms with E-state index in [-0.39, 0.29) is 23.8 Å². The zero-order chi connectivity index (χ0) is 25.7. The van der Waals surface area contributed by atoms with Crippen LogP contribution in [0.5, 0.6) is 5.75 Å². The Morgan fingerprint density at radius 1 is 1.16 bits per heavy atom.